The third-order valence-corrected chi connectivity index (χ3v) is 4.92. The summed E-state index contributed by atoms with van der Waals surface area (Å²) in [6, 6.07) is 7.81. The first kappa shape index (κ1) is 15.2. The minimum absolute atomic E-state index is 0.0106. The van der Waals surface area contributed by atoms with E-state index in [1.807, 2.05) is 12.3 Å². The number of ketones is 1. The monoisotopic (exact) mass is 325 g/mol. The minimum atomic E-state index is -0.309. The number of hydrogen-bond acceptors (Lipinski definition) is 4. The Balaban J connectivity index is 1.40. The van der Waals surface area contributed by atoms with E-state index >= 15 is 0 Å². The van der Waals surface area contributed by atoms with Crippen LogP contribution in [0.1, 0.15) is 47.8 Å². The van der Waals surface area contributed by atoms with Crippen molar-refractivity contribution in [1.29, 1.82) is 0 Å². The number of anilines is 1. The number of Topliss-reactive ketones (excluding diaryl/α,β-unsaturated/α-hetero) is 1. The third-order valence-electron chi connectivity index (χ3n) is 4.92. The molecular formula is C19H20FN3O. The number of piperidine rings is 1. The number of aromatic nitrogens is 2. The lowest BCUT2D eigenvalue weighted by molar-refractivity contribution is 0.0900. The number of carbonyl (C=O) groups excluding carboxylic acids is 1. The molecule has 0 amide bonds. The standard InChI is InChI=1S/C19H20FN3O/c20-16-5-3-13(4-6-16)18(24)14-8-11-23(12-9-14)17-7-10-21-19(22-17)15-1-2-15/h3-7,10,14-15H,1-2,8-9,11-12H2. The van der Waals surface area contributed by atoms with Gasteiger partial charge < -0.3 is 4.90 Å². The zero-order valence-corrected chi connectivity index (χ0v) is 13.5. The lowest BCUT2D eigenvalue weighted by Crippen LogP contribution is -2.37. The summed E-state index contributed by atoms with van der Waals surface area (Å²) < 4.78 is 13.0. The van der Waals surface area contributed by atoms with Crippen molar-refractivity contribution in [2.45, 2.75) is 31.6 Å². The van der Waals surface area contributed by atoms with Crippen molar-refractivity contribution in [3.8, 4) is 0 Å². The van der Waals surface area contributed by atoms with E-state index in [0.717, 1.165) is 37.6 Å². The predicted octanol–water partition coefficient (Wildman–Crippen LogP) is 3.59. The van der Waals surface area contributed by atoms with E-state index in [2.05, 4.69) is 14.9 Å². The van der Waals surface area contributed by atoms with Gasteiger partial charge in [0.2, 0.25) is 0 Å². The van der Waals surface area contributed by atoms with Crippen LogP contribution >= 0.6 is 0 Å². The van der Waals surface area contributed by atoms with Crippen molar-refractivity contribution in [2.75, 3.05) is 18.0 Å². The SMILES string of the molecule is O=C(c1ccc(F)cc1)C1CCN(c2ccnc(C3CC3)n2)CC1. The molecule has 2 aromatic rings. The van der Waals surface area contributed by atoms with Gasteiger partial charge in [-0.1, -0.05) is 0 Å². The molecule has 0 unspecified atom stereocenters. The molecule has 1 aliphatic carbocycles. The van der Waals surface area contributed by atoms with Gasteiger partial charge in [-0.05, 0) is 56.0 Å². The Labute approximate surface area is 140 Å². The van der Waals surface area contributed by atoms with Crippen LogP contribution in [0.15, 0.2) is 36.5 Å². The molecule has 0 radical (unpaired) electrons. The van der Waals surface area contributed by atoms with Crippen molar-refractivity contribution in [3.63, 3.8) is 0 Å². The Hall–Kier alpha value is -2.30. The molecule has 24 heavy (non-hydrogen) atoms. The van der Waals surface area contributed by atoms with Crippen molar-refractivity contribution < 1.29 is 9.18 Å². The second-order valence-electron chi connectivity index (χ2n) is 6.68. The fourth-order valence-electron chi connectivity index (χ4n) is 3.30. The van der Waals surface area contributed by atoms with Crippen LogP contribution in [0.4, 0.5) is 10.2 Å². The summed E-state index contributed by atoms with van der Waals surface area (Å²) in [6.07, 6.45) is 5.83. The van der Waals surface area contributed by atoms with Crippen molar-refractivity contribution in [2.24, 2.45) is 5.92 Å². The van der Waals surface area contributed by atoms with Crippen molar-refractivity contribution in [3.05, 3.63) is 53.7 Å². The van der Waals surface area contributed by atoms with Crippen LogP contribution in [0, 0.1) is 11.7 Å². The maximum absolute atomic E-state index is 13.0. The predicted molar refractivity (Wildman–Crippen MR) is 89.7 cm³/mol. The van der Waals surface area contributed by atoms with E-state index in [0.29, 0.717) is 11.5 Å². The van der Waals surface area contributed by atoms with Gasteiger partial charge in [0.25, 0.3) is 0 Å². The van der Waals surface area contributed by atoms with Gasteiger partial charge in [-0.3, -0.25) is 4.79 Å². The number of hydrogen-bond donors (Lipinski definition) is 0. The Kier molecular flexibility index (Phi) is 4.00. The normalized spacial score (nSPS) is 18.6. The van der Waals surface area contributed by atoms with Crippen molar-refractivity contribution >= 4 is 11.6 Å². The highest BCUT2D eigenvalue weighted by atomic mass is 19.1. The second kappa shape index (κ2) is 6.30. The van der Waals surface area contributed by atoms with E-state index in [-0.39, 0.29) is 17.5 Å². The van der Waals surface area contributed by atoms with Gasteiger partial charge in [-0.2, -0.15) is 0 Å². The molecule has 0 N–H and O–H groups in total. The minimum Gasteiger partial charge on any atom is -0.356 e. The summed E-state index contributed by atoms with van der Waals surface area (Å²) in [7, 11) is 0. The quantitative estimate of drug-likeness (QED) is 0.806. The average Bonchev–Trinajstić information content (AvgIpc) is 3.47. The fraction of sp³-hybridized carbons (Fsp3) is 0.421. The molecular weight excluding hydrogens is 305 g/mol. The van der Waals surface area contributed by atoms with E-state index in [1.54, 1.807) is 12.1 Å². The topological polar surface area (TPSA) is 46.1 Å². The average molecular weight is 325 g/mol. The summed E-state index contributed by atoms with van der Waals surface area (Å²) in [5.41, 5.74) is 0.605. The smallest absolute Gasteiger partial charge is 0.166 e. The molecule has 2 fully saturated rings. The third kappa shape index (κ3) is 3.16. The van der Waals surface area contributed by atoms with E-state index in [1.165, 1.54) is 25.0 Å². The lowest BCUT2D eigenvalue weighted by atomic mass is 9.89. The van der Waals surface area contributed by atoms with Gasteiger partial charge in [0.15, 0.2) is 5.78 Å². The molecule has 124 valence electrons. The molecule has 0 atom stereocenters. The summed E-state index contributed by atoms with van der Waals surface area (Å²) in [4.78, 5) is 23.8. The number of benzene rings is 1. The van der Waals surface area contributed by atoms with Crippen molar-refractivity contribution in [1.82, 2.24) is 9.97 Å². The van der Waals surface area contributed by atoms with E-state index in [9.17, 15) is 9.18 Å². The number of halogens is 1. The Morgan fingerprint density at radius 1 is 1.04 bits per heavy atom. The maximum atomic E-state index is 13.0. The van der Waals surface area contributed by atoms with Gasteiger partial charge >= 0.3 is 0 Å². The molecule has 1 aliphatic heterocycles. The van der Waals surface area contributed by atoms with Gasteiger partial charge in [-0.15, -0.1) is 0 Å². The first-order valence-corrected chi connectivity index (χ1v) is 8.58. The van der Waals surface area contributed by atoms with Crippen LogP contribution in [0.2, 0.25) is 0 Å². The Morgan fingerprint density at radius 3 is 2.42 bits per heavy atom. The second-order valence-corrected chi connectivity index (χ2v) is 6.68. The first-order chi connectivity index (χ1) is 11.7. The number of carbonyl (C=O) groups is 1. The van der Waals surface area contributed by atoms with Gasteiger partial charge in [-0.25, -0.2) is 14.4 Å². The Morgan fingerprint density at radius 2 is 1.75 bits per heavy atom. The Bertz CT molecular complexity index is 735. The van der Waals surface area contributed by atoms with Crippen LogP contribution in [0.3, 0.4) is 0 Å². The highest BCUT2D eigenvalue weighted by molar-refractivity contribution is 5.97. The van der Waals surface area contributed by atoms with Crippen LogP contribution in [0.5, 0.6) is 0 Å². The zero-order valence-electron chi connectivity index (χ0n) is 13.5. The maximum Gasteiger partial charge on any atom is 0.166 e. The van der Waals surface area contributed by atoms with Gasteiger partial charge in [0.1, 0.15) is 17.5 Å². The largest absolute Gasteiger partial charge is 0.356 e. The zero-order chi connectivity index (χ0) is 16.5. The van der Waals surface area contributed by atoms with Crippen LogP contribution in [-0.2, 0) is 0 Å². The van der Waals surface area contributed by atoms with Crippen LogP contribution in [-0.4, -0.2) is 28.8 Å². The summed E-state index contributed by atoms with van der Waals surface area (Å²) in [5.74, 6) is 2.29. The summed E-state index contributed by atoms with van der Waals surface area (Å²) in [6.45, 7) is 1.64. The molecule has 1 saturated carbocycles. The molecule has 4 rings (SSSR count). The number of rotatable bonds is 4. The molecule has 4 nitrogen and oxygen atoms in total. The van der Waals surface area contributed by atoms with Crippen LogP contribution in [0.25, 0.3) is 0 Å². The van der Waals surface area contributed by atoms with E-state index in [4.69, 9.17) is 0 Å². The van der Waals surface area contributed by atoms with Gasteiger partial charge in [0, 0.05) is 36.7 Å². The molecule has 1 aromatic heterocycles. The molecule has 5 heteroatoms. The summed E-state index contributed by atoms with van der Waals surface area (Å²) in [5, 5.41) is 0. The summed E-state index contributed by atoms with van der Waals surface area (Å²) >= 11 is 0. The van der Waals surface area contributed by atoms with E-state index < -0.39 is 0 Å². The lowest BCUT2D eigenvalue weighted by Gasteiger charge is -2.32. The molecule has 2 aliphatic rings. The molecule has 0 bridgehead atoms. The molecule has 1 saturated heterocycles. The van der Waals surface area contributed by atoms with Gasteiger partial charge in [0.05, 0.1) is 0 Å². The number of nitrogens with zero attached hydrogens (tertiary/aromatic N) is 3. The molecule has 1 aromatic carbocycles. The van der Waals surface area contributed by atoms with Crippen LogP contribution < -0.4 is 4.90 Å². The highest BCUT2D eigenvalue weighted by Gasteiger charge is 2.29. The first-order valence-electron chi connectivity index (χ1n) is 8.58. The molecule has 2 heterocycles. The fourth-order valence-corrected chi connectivity index (χ4v) is 3.30. The molecule has 0 spiro atoms. The highest BCUT2D eigenvalue weighted by Crippen LogP contribution is 2.38.